The molecule has 1 N–H and O–H groups in total. The van der Waals surface area contributed by atoms with Gasteiger partial charge in [0.25, 0.3) is 0 Å². The Balaban J connectivity index is 1.76. The van der Waals surface area contributed by atoms with Crippen LogP contribution in [0.5, 0.6) is 11.5 Å². The SMILES string of the molecule is CCc1ccc(S(=O)(=O)[C@H]2CS(=O)(=O)C[C@@H]2NCCc2cc(OC)ccc2OC)cc1. The van der Waals surface area contributed by atoms with Crippen molar-refractivity contribution in [1.29, 1.82) is 0 Å². The Bertz CT molecular complexity index is 1110. The van der Waals surface area contributed by atoms with Gasteiger partial charge in [-0.15, -0.1) is 0 Å². The summed E-state index contributed by atoms with van der Waals surface area (Å²) in [5.41, 5.74) is 1.92. The molecule has 1 saturated heterocycles. The highest BCUT2D eigenvalue weighted by atomic mass is 32.2. The number of benzene rings is 2. The summed E-state index contributed by atoms with van der Waals surface area (Å²) in [6.07, 6.45) is 1.34. The number of hydrogen-bond acceptors (Lipinski definition) is 7. The molecule has 1 heterocycles. The van der Waals surface area contributed by atoms with E-state index in [-0.39, 0.29) is 16.4 Å². The molecule has 1 aliphatic heterocycles. The van der Waals surface area contributed by atoms with Gasteiger partial charge in [-0.1, -0.05) is 19.1 Å². The van der Waals surface area contributed by atoms with Crippen molar-refractivity contribution in [2.75, 3.05) is 32.3 Å². The van der Waals surface area contributed by atoms with E-state index < -0.39 is 31.0 Å². The summed E-state index contributed by atoms with van der Waals surface area (Å²) in [6, 6.07) is 11.5. The van der Waals surface area contributed by atoms with Gasteiger partial charge >= 0.3 is 0 Å². The van der Waals surface area contributed by atoms with Gasteiger partial charge in [-0.25, -0.2) is 16.8 Å². The average molecular weight is 468 g/mol. The highest BCUT2D eigenvalue weighted by Gasteiger charge is 2.45. The lowest BCUT2D eigenvalue weighted by molar-refractivity contribution is 0.398. The summed E-state index contributed by atoms with van der Waals surface area (Å²) < 4.78 is 61.7. The summed E-state index contributed by atoms with van der Waals surface area (Å²) in [5.74, 6) is 0.821. The van der Waals surface area contributed by atoms with Crippen LogP contribution in [0, 0.1) is 0 Å². The zero-order valence-corrected chi connectivity index (χ0v) is 19.6. The molecule has 0 spiro atoms. The Kier molecular flexibility index (Phi) is 7.28. The number of aryl methyl sites for hydroxylation is 1. The van der Waals surface area contributed by atoms with Gasteiger partial charge < -0.3 is 14.8 Å². The smallest absolute Gasteiger partial charge is 0.183 e. The minimum absolute atomic E-state index is 0.160. The Morgan fingerprint density at radius 2 is 1.74 bits per heavy atom. The molecule has 31 heavy (non-hydrogen) atoms. The van der Waals surface area contributed by atoms with E-state index in [2.05, 4.69) is 5.32 Å². The summed E-state index contributed by atoms with van der Waals surface area (Å²) in [5, 5.41) is 2.15. The van der Waals surface area contributed by atoms with E-state index in [1.165, 1.54) is 0 Å². The Morgan fingerprint density at radius 3 is 2.35 bits per heavy atom. The lowest BCUT2D eigenvalue weighted by atomic mass is 10.1. The molecule has 170 valence electrons. The monoisotopic (exact) mass is 467 g/mol. The molecule has 0 amide bonds. The van der Waals surface area contributed by atoms with E-state index in [1.807, 2.05) is 13.0 Å². The second-order valence-electron chi connectivity index (χ2n) is 7.65. The fourth-order valence-electron chi connectivity index (χ4n) is 3.87. The molecule has 0 bridgehead atoms. The lowest BCUT2D eigenvalue weighted by Crippen LogP contribution is -2.44. The molecule has 1 aliphatic rings. The number of methoxy groups -OCH3 is 2. The quantitative estimate of drug-likeness (QED) is 0.602. The second-order valence-corrected chi connectivity index (χ2v) is 12.0. The van der Waals surface area contributed by atoms with Crippen molar-refractivity contribution in [1.82, 2.24) is 5.32 Å². The lowest BCUT2D eigenvalue weighted by Gasteiger charge is -2.20. The molecule has 1 fully saturated rings. The van der Waals surface area contributed by atoms with Crippen LogP contribution in [0.1, 0.15) is 18.1 Å². The van der Waals surface area contributed by atoms with Gasteiger partial charge in [-0.3, -0.25) is 0 Å². The van der Waals surface area contributed by atoms with Crippen LogP contribution in [0.15, 0.2) is 47.4 Å². The van der Waals surface area contributed by atoms with Crippen LogP contribution < -0.4 is 14.8 Å². The molecule has 3 rings (SSSR count). The molecule has 9 heteroatoms. The first-order valence-electron chi connectivity index (χ1n) is 10.2. The standard InChI is InChI=1S/C22H29NO6S2/c1-4-16-5-8-19(9-6-16)31(26,27)22-15-30(24,25)14-20(22)23-12-11-17-13-18(28-2)7-10-21(17)29-3/h5-10,13,20,22-23H,4,11-12,14-15H2,1-3H3/t20-,22-/m0/s1. The fraction of sp³-hybridized carbons (Fsp3) is 0.455. The zero-order chi connectivity index (χ0) is 22.6. The van der Waals surface area contributed by atoms with Crippen LogP contribution in [0.4, 0.5) is 0 Å². The van der Waals surface area contributed by atoms with Crippen LogP contribution in [0.25, 0.3) is 0 Å². The minimum Gasteiger partial charge on any atom is -0.497 e. The van der Waals surface area contributed by atoms with Crippen LogP contribution in [0.2, 0.25) is 0 Å². The molecule has 2 atom stereocenters. The first kappa shape index (κ1) is 23.6. The van der Waals surface area contributed by atoms with Crippen molar-refractivity contribution in [3.05, 3.63) is 53.6 Å². The molecule has 7 nitrogen and oxygen atoms in total. The molecule has 2 aromatic rings. The number of sulfone groups is 2. The molecular formula is C22H29NO6S2. The van der Waals surface area contributed by atoms with E-state index in [0.717, 1.165) is 17.5 Å². The zero-order valence-electron chi connectivity index (χ0n) is 18.0. The molecule has 0 aliphatic carbocycles. The van der Waals surface area contributed by atoms with Gasteiger partial charge in [0.05, 0.1) is 35.9 Å². The van der Waals surface area contributed by atoms with Gasteiger partial charge in [0.2, 0.25) is 0 Å². The van der Waals surface area contributed by atoms with Crippen molar-refractivity contribution in [2.24, 2.45) is 0 Å². The maximum absolute atomic E-state index is 13.2. The van der Waals surface area contributed by atoms with E-state index in [9.17, 15) is 16.8 Å². The largest absolute Gasteiger partial charge is 0.497 e. The highest BCUT2D eigenvalue weighted by molar-refractivity contribution is 7.96. The molecule has 0 saturated carbocycles. The summed E-state index contributed by atoms with van der Waals surface area (Å²) in [4.78, 5) is 0.160. The van der Waals surface area contributed by atoms with Crippen molar-refractivity contribution in [3.8, 4) is 11.5 Å². The summed E-state index contributed by atoms with van der Waals surface area (Å²) >= 11 is 0. The molecule has 0 unspecified atom stereocenters. The third-order valence-electron chi connectivity index (χ3n) is 5.65. The highest BCUT2D eigenvalue weighted by Crippen LogP contribution is 2.27. The van der Waals surface area contributed by atoms with Crippen molar-refractivity contribution >= 4 is 19.7 Å². The van der Waals surface area contributed by atoms with E-state index in [1.54, 1.807) is 50.6 Å². The third-order valence-corrected chi connectivity index (χ3v) is 9.81. The van der Waals surface area contributed by atoms with Crippen LogP contribution in [-0.2, 0) is 32.5 Å². The van der Waals surface area contributed by atoms with Gasteiger partial charge in [0, 0.05) is 6.04 Å². The number of nitrogens with one attached hydrogen (secondary N) is 1. The maximum atomic E-state index is 13.2. The van der Waals surface area contributed by atoms with Gasteiger partial charge in [0.1, 0.15) is 11.5 Å². The third kappa shape index (κ3) is 5.39. The number of ether oxygens (including phenoxy) is 2. The molecule has 0 radical (unpaired) electrons. The first-order chi connectivity index (χ1) is 14.7. The molecule has 2 aromatic carbocycles. The van der Waals surface area contributed by atoms with Crippen molar-refractivity contribution in [3.63, 3.8) is 0 Å². The topological polar surface area (TPSA) is 98.8 Å². The Morgan fingerprint density at radius 1 is 1.03 bits per heavy atom. The average Bonchev–Trinajstić information content (AvgIpc) is 3.08. The van der Waals surface area contributed by atoms with Crippen LogP contribution in [0.3, 0.4) is 0 Å². The predicted octanol–water partition coefficient (Wildman–Crippen LogP) is 2.04. The van der Waals surface area contributed by atoms with Gasteiger partial charge in [-0.2, -0.15) is 0 Å². The minimum atomic E-state index is -3.79. The molecular weight excluding hydrogens is 438 g/mol. The fourth-order valence-corrected chi connectivity index (χ4v) is 8.59. The predicted molar refractivity (Wildman–Crippen MR) is 120 cm³/mol. The van der Waals surface area contributed by atoms with Crippen LogP contribution >= 0.6 is 0 Å². The Labute approximate surface area is 184 Å². The van der Waals surface area contributed by atoms with Crippen LogP contribution in [-0.4, -0.2) is 60.4 Å². The first-order valence-corrected chi connectivity index (χ1v) is 13.5. The molecule has 0 aromatic heterocycles. The van der Waals surface area contributed by atoms with E-state index in [4.69, 9.17) is 9.47 Å². The normalized spacial score (nSPS) is 20.5. The van der Waals surface area contributed by atoms with Crippen molar-refractivity contribution in [2.45, 2.75) is 36.0 Å². The summed E-state index contributed by atoms with van der Waals surface area (Å²) in [7, 11) is -4.09. The Hall–Kier alpha value is -2.10. The van der Waals surface area contributed by atoms with Gasteiger partial charge in [0.15, 0.2) is 19.7 Å². The van der Waals surface area contributed by atoms with E-state index >= 15 is 0 Å². The summed E-state index contributed by atoms with van der Waals surface area (Å²) in [6.45, 7) is 2.40. The number of hydrogen-bond donors (Lipinski definition) is 1. The van der Waals surface area contributed by atoms with Crippen molar-refractivity contribution < 1.29 is 26.3 Å². The van der Waals surface area contributed by atoms with Gasteiger partial charge in [-0.05, 0) is 60.8 Å². The van der Waals surface area contributed by atoms with E-state index in [0.29, 0.717) is 24.5 Å². The maximum Gasteiger partial charge on any atom is 0.183 e. The second kappa shape index (κ2) is 9.58. The number of rotatable bonds is 9.